The molecule has 126 valence electrons. The second kappa shape index (κ2) is 7.81. The Hall–Kier alpha value is -2.85. The summed E-state index contributed by atoms with van der Waals surface area (Å²) in [6.45, 7) is 2.16. The normalized spacial score (nSPS) is 10.3. The van der Waals surface area contributed by atoms with E-state index in [1.54, 1.807) is 24.3 Å². The van der Waals surface area contributed by atoms with Gasteiger partial charge in [-0.2, -0.15) is 0 Å². The molecule has 0 aliphatic carbocycles. The fourth-order valence-corrected chi connectivity index (χ4v) is 2.54. The van der Waals surface area contributed by atoms with Crippen LogP contribution in [-0.4, -0.2) is 10.9 Å². The van der Waals surface area contributed by atoms with E-state index in [0.29, 0.717) is 22.2 Å². The molecule has 2 aromatic carbocycles. The number of rotatable bonds is 5. The van der Waals surface area contributed by atoms with E-state index in [4.69, 9.17) is 16.3 Å². The molecule has 4 nitrogen and oxygen atoms in total. The van der Waals surface area contributed by atoms with Gasteiger partial charge in [0.25, 0.3) is 5.91 Å². The van der Waals surface area contributed by atoms with Crippen LogP contribution in [0.5, 0.6) is 5.75 Å². The van der Waals surface area contributed by atoms with E-state index in [2.05, 4.69) is 10.3 Å². The molecule has 0 aliphatic rings. The van der Waals surface area contributed by atoms with Gasteiger partial charge in [-0.05, 0) is 37.3 Å². The lowest BCUT2D eigenvalue weighted by Gasteiger charge is -2.12. The van der Waals surface area contributed by atoms with Gasteiger partial charge >= 0.3 is 0 Å². The fraction of sp³-hybridized carbons (Fsp3) is 0.100. The van der Waals surface area contributed by atoms with E-state index < -0.39 is 0 Å². The van der Waals surface area contributed by atoms with Crippen molar-refractivity contribution in [1.29, 1.82) is 0 Å². The van der Waals surface area contributed by atoms with E-state index in [9.17, 15) is 4.79 Å². The van der Waals surface area contributed by atoms with Crippen LogP contribution in [0.15, 0.2) is 66.7 Å². The lowest BCUT2D eigenvalue weighted by Crippen LogP contribution is -2.14. The number of benzene rings is 2. The van der Waals surface area contributed by atoms with Crippen LogP contribution >= 0.6 is 11.6 Å². The molecule has 3 rings (SSSR count). The van der Waals surface area contributed by atoms with Crippen LogP contribution in [0.3, 0.4) is 0 Å². The molecule has 1 heterocycles. The Morgan fingerprint density at radius 3 is 2.60 bits per heavy atom. The number of carbonyl (C=O) groups excluding carboxylic acids is 1. The number of halogens is 1. The minimum absolute atomic E-state index is 0.271. The van der Waals surface area contributed by atoms with Crippen LogP contribution < -0.4 is 10.1 Å². The summed E-state index contributed by atoms with van der Waals surface area (Å²) in [5.74, 6) is 0.728. The number of aromatic nitrogens is 1. The molecule has 0 fully saturated rings. The van der Waals surface area contributed by atoms with Gasteiger partial charge in [-0.15, -0.1) is 0 Å². The van der Waals surface area contributed by atoms with Crippen LogP contribution in [0.1, 0.15) is 21.6 Å². The molecule has 1 amide bonds. The highest BCUT2D eigenvalue weighted by atomic mass is 35.5. The Labute approximate surface area is 151 Å². The molecule has 0 saturated heterocycles. The van der Waals surface area contributed by atoms with Crippen molar-refractivity contribution in [3.8, 4) is 5.75 Å². The van der Waals surface area contributed by atoms with Crippen LogP contribution in [0.4, 0.5) is 5.82 Å². The van der Waals surface area contributed by atoms with E-state index in [1.807, 2.05) is 49.4 Å². The molecule has 25 heavy (non-hydrogen) atoms. The van der Waals surface area contributed by atoms with Crippen molar-refractivity contribution in [1.82, 2.24) is 4.98 Å². The zero-order valence-electron chi connectivity index (χ0n) is 13.7. The average Bonchev–Trinajstić information content (AvgIpc) is 2.61. The van der Waals surface area contributed by atoms with Crippen molar-refractivity contribution in [2.45, 2.75) is 13.5 Å². The third-order valence-electron chi connectivity index (χ3n) is 3.60. The molecule has 0 atom stereocenters. The number of aryl methyl sites for hydroxylation is 1. The number of pyridine rings is 1. The van der Waals surface area contributed by atoms with Gasteiger partial charge in [0.2, 0.25) is 0 Å². The number of para-hydroxylation sites is 1. The molecule has 3 aromatic rings. The number of hydrogen-bond donors (Lipinski definition) is 1. The molecule has 5 heteroatoms. The average molecular weight is 353 g/mol. The highest BCUT2D eigenvalue weighted by Gasteiger charge is 2.13. The topological polar surface area (TPSA) is 51.2 Å². The van der Waals surface area contributed by atoms with Gasteiger partial charge in [0.05, 0.1) is 5.56 Å². The number of hydrogen-bond acceptors (Lipinski definition) is 3. The minimum Gasteiger partial charge on any atom is -0.488 e. The predicted molar refractivity (Wildman–Crippen MR) is 99.2 cm³/mol. The number of carbonyl (C=O) groups is 1. The maximum Gasteiger partial charge on any atom is 0.260 e. The molecular weight excluding hydrogens is 336 g/mol. The zero-order valence-corrected chi connectivity index (χ0v) is 14.5. The summed E-state index contributed by atoms with van der Waals surface area (Å²) in [6, 6.07) is 20.0. The van der Waals surface area contributed by atoms with Crippen LogP contribution in [0.25, 0.3) is 0 Å². The van der Waals surface area contributed by atoms with Crippen molar-refractivity contribution in [2.24, 2.45) is 0 Å². The highest BCUT2D eigenvalue weighted by molar-refractivity contribution is 6.31. The monoisotopic (exact) mass is 352 g/mol. The van der Waals surface area contributed by atoms with Crippen LogP contribution in [0.2, 0.25) is 5.02 Å². The Kier molecular flexibility index (Phi) is 5.31. The Bertz CT molecular complexity index is 896. The van der Waals surface area contributed by atoms with Gasteiger partial charge < -0.3 is 10.1 Å². The molecule has 0 aliphatic heterocycles. The van der Waals surface area contributed by atoms with E-state index >= 15 is 0 Å². The third kappa shape index (κ3) is 4.37. The standard InChI is InChI=1S/C20H17ClN2O2/c1-14-7-6-12-19(22-14)23-20(24)16-9-3-5-11-18(16)25-13-15-8-2-4-10-17(15)21/h2-12H,13H2,1H3,(H,22,23,24). The summed E-state index contributed by atoms with van der Waals surface area (Å²) in [4.78, 5) is 16.9. The van der Waals surface area contributed by atoms with E-state index in [0.717, 1.165) is 11.3 Å². The molecule has 1 aromatic heterocycles. The van der Waals surface area contributed by atoms with E-state index in [-0.39, 0.29) is 12.5 Å². The first-order chi connectivity index (χ1) is 12.1. The Morgan fingerprint density at radius 2 is 1.80 bits per heavy atom. The third-order valence-corrected chi connectivity index (χ3v) is 3.97. The van der Waals surface area contributed by atoms with Crippen molar-refractivity contribution < 1.29 is 9.53 Å². The zero-order chi connectivity index (χ0) is 17.6. The molecule has 0 unspecified atom stereocenters. The van der Waals surface area contributed by atoms with Crippen molar-refractivity contribution in [3.63, 3.8) is 0 Å². The summed E-state index contributed by atoms with van der Waals surface area (Å²) >= 11 is 6.15. The summed E-state index contributed by atoms with van der Waals surface area (Å²) < 4.78 is 5.82. The van der Waals surface area contributed by atoms with Crippen LogP contribution in [-0.2, 0) is 6.61 Å². The van der Waals surface area contributed by atoms with Gasteiger partial charge in [-0.25, -0.2) is 4.98 Å². The Morgan fingerprint density at radius 1 is 1.04 bits per heavy atom. The fourth-order valence-electron chi connectivity index (χ4n) is 2.35. The van der Waals surface area contributed by atoms with Crippen LogP contribution in [0, 0.1) is 6.92 Å². The quantitative estimate of drug-likeness (QED) is 0.712. The summed E-state index contributed by atoms with van der Waals surface area (Å²) in [5.41, 5.74) is 2.14. The number of amides is 1. The molecule has 0 spiro atoms. The first-order valence-corrected chi connectivity index (χ1v) is 8.21. The molecule has 0 saturated carbocycles. The van der Waals surface area contributed by atoms with Gasteiger partial charge in [-0.1, -0.05) is 48.0 Å². The van der Waals surface area contributed by atoms with Gasteiger partial charge in [0.1, 0.15) is 18.2 Å². The van der Waals surface area contributed by atoms with Crippen molar-refractivity contribution in [2.75, 3.05) is 5.32 Å². The van der Waals surface area contributed by atoms with Gasteiger partial charge in [0.15, 0.2) is 0 Å². The van der Waals surface area contributed by atoms with Crippen molar-refractivity contribution >= 4 is 23.3 Å². The lowest BCUT2D eigenvalue weighted by molar-refractivity contribution is 0.102. The summed E-state index contributed by atoms with van der Waals surface area (Å²) in [7, 11) is 0. The first-order valence-electron chi connectivity index (χ1n) is 7.84. The Balaban J connectivity index is 1.76. The lowest BCUT2D eigenvalue weighted by atomic mass is 10.2. The van der Waals surface area contributed by atoms with Gasteiger partial charge in [0, 0.05) is 16.3 Å². The SMILES string of the molecule is Cc1cccc(NC(=O)c2ccccc2OCc2ccccc2Cl)n1. The maximum absolute atomic E-state index is 12.6. The highest BCUT2D eigenvalue weighted by Crippen LogP contribution is 2.22. The molecule has 0 radical (unpaired) electrons. The maximum atomic E-state index is 12.6. The first kappa shape index (κ1) is 17.0. The second-order valence-corrected chi connectivity index (χ2v) is 5.90. The van der Waals surface area contributed by atoms with Gasteiger partial charge in [-0.3, -0.25) is 4.79 Å². The molecule has 1 N–H and O–H groups in total. The largest absolute Gasteiger partial charge is 0.488 e. The number of ether oxygens (including phenoxy) is 1. The summed E-state index contributed by atoms with van der Waals surface area (Å²) in [5, 5.41) is 3.43. The molecular formula is C20H17ClN2O2. The van der Waals surface area contributed by atoms with E-state index in [1.165, 1.54) is 0 Å². The number of anilines is 1. The number of nitrogens with one attached hydrogen (secondary N) is 1. The predicted octanol–water partition coefficient (Wildman–Crippen LogP) is 4.87. The second-order valence-electron chi connectivity index (χ2n) is 5.49. The minimum atomic E-state index is -0.271. The molecule has 0 bridgehead atoms. The smallest absolute Gasteiger partial charge is 0.260 e. The number of nitrogens with zero attached hydrogens (tertiary/aromatic N) is 1. The summed E-state index contributed by atoms with van der Waals surface area (Å²) in [6.07, 6.45) is 0. The van der Waals surface area contributed by atoms with Crippen molar-refractivity contribution in [3.05, 3.63) is 88.6 Å².